The van der Waals surface area contributed by atoms with Crippen LogP contribution < -0.4 is 5.32 Å². The highest BCUT2D eigenvalue weighted by Crippen LogP contribution is 2.63. The molecule has 1 N–H and O–H groups in total. The molecule has 0 bridgehead atoms. The van der Waals surface area contributed by atoms with Crippen LogP contribution in [-0.4, -0.2) is 10.2 Å². The summed E-state index contributed by atoms with van der Waals surface area (Å²) in [5.41, 5.74) is 0.207. The summed E-state index contributed by atoms with van der Waals surface area (Å²) in [4.78, 5) is 12.1. The molecular weight excluding hydrogens is 345 g/mol. The minimum Gasteiger partial charge on any atom is -0.459 e. The first kappa shape index (κ1) is 15.7. The van der Waals surface area contributed by atoms with Gasteiger partial charge in [0.25, 0.3) is 0 Å². The summed E-state index contributed by atoms with van der Waals surface area (Å²) >= 11 is 17.8. The Labute approximate surface area is 143 Å². The molecule has 0 spiro atoms. The number of carbonyl (C=O) groups is 1. The number of amides is 1. The third kappa shape index (κ3) is 2.85. The molecular formula is C16H14Cl3NO2. The predicted octanol–water partition coefficient (Wildman–Crippen LogP) is 4.80. The first-order chi connectivity index (χ1) is 10.3. The number of halogens is 3. The van der Waals surface area contributed by atoms with Gasteiger partial charge in [-0.05, 0) is 49.7 Å². The molecule has 0 radical (unpaired) electrons. The molecule has 1 unspecified atom stereocenters. The molecule has 1 heterocycles. The van der Waals surface area contributed by atoms with E-state index < -0.39 is 9.75 Å². The molecule has 1 aromatic carbocycles. The van der Waals surface area contributed by atoms with Crippen LogP contribution in [0.3, 0.4) is 0 Å². The Hall–Kier alpha value is -1.16. The number of benzene rings is 1. The van der Waals surface area contributed by atoms with E-state index in [0.29, 0.717) is 23.7 Å². The van der Waals surface area contributed by atoms with Gasteiger partial charge in [-0.3, -0.25) is 4.79 Å². The summed E-state index contributed by atoms with van der Waals surface area (Å²) in [6.07, 6.45) is 0.461. The van der Waals surface area contributed by atoms with Gasteiger partial charge in [0, 0.05) is 10.6 Å². The molecule has 2 aromatic rings. The van der Waals surface area contributed by atoms with Crippen molar-refractivity contribution in [3.8, 4) is 11.3 Å². The van der Waals surface area contributed by atoms with Crippen LogP contribution in [0.4, 0.5) is 0 Å². The lowest BCUT2D eigenvalue weighted by molar-refractivity contribution is -0.126. The summed E-state index contributed by atoms with van der Waals surface area (Å²) in [6, 6.07) is 11.0. The minimum atomic E-state index is -0.964. The quantitative estimate of drug-likeness (QED) is 0.798. The molecule has 1 amide bonds. The lowest BCUT2D eigenvalue weighted by Gasteiger charge is -2.11. The van der Waals surface area contributed by atoms with Gasteiger partial charge < -0.3 is 9.73 Å². The van der Waals surface area contributed by atoms with E-state index in [1.807, 2.05) is 24.3 Å². The summed E-state index contributed by atoms with van der Waals surface area (Å²) in [7, 11) is 0. The fourth-order valence-electron chi connectivity index (χ4n) is 2.25. The van der Waals surface area contributed by atoms with E-state index in [4.69, 9.17) is 39.2 Å². The number of rotatable bonds is 4. The number of hydrogen-bond donors (Lipinski definition) is 1. The number of hydrogen-bond acceptors (Lipinski definition) is 2. The second-order valence-electron chi connectivity index (χ2n) is 5.67. The number of nitrogens with one attached hydrogen (secondary N) is 1. The fraction of sp³-hybridized carbons (Fsp3) is 0.312. The van der Waals surface area contributed by atoms with Crippen LogP contribution in [0.2, 0.25) is 5.02 Å². The van der Waals surface area contributed by atoms with Crippen molar-refractivity contribution in [2.45, 2.75) is 24.2 Å². The molecule has 1 aliphatic rings. The van der Waals surface area contributed by atoms with Crippen molar-refractivity contribution < 1.29 is 9.21 Å². The van der Waals surface area contributed by atoms with Crippen molar-refractivity contribution in [2.75, 3.05) is 0 Å². The van der Waals surface area contributed by atoms with Gasteiger partial charge in [-0.1, -0.05) is 11.6 Å². The van der Waals surface area contributed by atoms with Gasteiger partial charge in [-0.15, -0.1) is 23.2 Å². The number of carbonyl (C=O) groups excluding carboxylic acids is 1. The van der Waals surface area contributed by atoms with Crippen molar-refractivity contribution >= 4 is 40.7 Å². The Morgan fingerprint density at radius 1 is 1.23 bits per heavy atom. The van der Waals surface area contributed by atoms with E-state index in [0.717, 1.165) is 11.3 Å². The van der Waals surface area contributed by atoms with Gasteiger partial charge in [-0.25, -0.2) is 0 Å². The van der Waals surface area contributed by atoms with Crippen molar-refractivity contribution in [1.82, 2.24) is 5.32 Å². The molecule has 3 rings (SSSR count). The summed E-state index contributed by atoms with van der Waals surface area (Å²) in [5, 5.41) is 3.48. The van der Waals surface area contributed by atoms with E-state index in [-0.39, 0.29) is 5.91 Å². The third-order valence-electron chi connectivity index (χ3n) is 3.97. The fourth-order valence-corrected chi connectivity index (χ4v) is 3.08. The van der Waals surface area contributed by atoms with Crippen LogP contribution >= 0.6 is 34.8 Å². The molecule has 1 aliphatic carbocycles. The molecule has 1 fully saturated rings. The van der Waals surface area contributed by atoms with Crippen LogP contribution in [0.25, 0.3) is 11.3 Å². The van der Waals surface area contributed by atoms with Crippen LogP contribution in [0.1, 0.15) is 19.1 Å². The zero-order valence-electron chi connectivity index (χ0n) is 11.8. The number of alkyl halides is 2. The second kappa shape index (κ2) is 5.48. The zero-order chi connectivity index (χ0) is 16.0. The maximum atomic E-state index is 12.1. The molecule has 6 heteroatoms. The van der Waals surface area contributed by atoms with E-state index in [1.165, 1.54) is 0 Å². The average Bonchev–Trinajstić information content (AvgIpc) is 2.84. The Morgan fingerprint density at radius 2 is 1.86 bits per heavy atom. The van der Waals surface area contributed by atoms with Gasteiger partial charge in [-0.2, -0.15) is 0 Å². The second-order valence-corrected chi connectivity index (χ2v) is 7.59. The predicted molar refractivity (Wildman–Crippen MR) is 88.2 cm³/mol. The zero-order valence-corrected chi connectivity index (χ0v) is 14.1. The van der Waals surface area contributed by atoms with Crippen molar-refractivity contribution in [2.24, 2.45) is 5.41 Å². The summed E-state index contributed by atoms with van der Waals surface area (Å²) in [6.45, 7) is 2.05. The Morgan fingerprint density at radius 3 is 2.45 bits per heavy atom. The highest BCUT2D eigenvalue weighted by atomic mass is 35.5. The first-order valence-electron chi connectivity index (χ1n) is 6.83. The van der Waals surface area contributed by atoms with E-state index in [2.05, 4.69) is 5.32 Å². The molecule has 1 saturated carbocycles. The molecule has 0 aliphatic heterocycles. The highest BCUT2D eigenvalue weighted by Gasteiger charge is 2.67. The lowest BCUT2D eigenvalue weighted by Crippen LogP contribution is -2.32. The van der Waals surface area contributed by atoms with Crippen LogP contribution in [0, 0.1) is 5.41 Å². The molecule has 116 valence electrons. The highest BCUT2D eigenvalue weighted by molar-refractivity contribution is 6.53. The van der Waals surface area contributed by atoms with Gasteiger partial charge >= 0.3 is 0 Å². The molecule has 0 saturated heterocycles. The number of furan rings is 1. The Kier molecular flexibility index (Phi) is 3.92. The van der Waals surface area contributed by atoms with Crippen LogP contribution in [0.15, 0.2) is 40.8 Å². The minimum absolute atomic E-state index is 0.165. The molecule has 1 aromatic heterocycles. The van der Waals surface area contributed by atoms with Gasteiger partial charge in [0.2, 0.25) is 5.91 Å². The van der Waals surface area contributed by atoms with E-state index in [1.54, 1.807) is 19.1 Å². The van der Waals surface area contributed by atoms with Crippen molar-refractivity contribution in [3.05, 3.63) is 47.2 Å². The Bertz CT molecular complexity index is 708. The SMILES string of the molecule is CC1(C(=O)NCc2ccc(-c3ccc(Cl)cc3)o2)CC1(Cl)Cl. The standard InChI is InChI=1S/C16H14Cl3NO2/c1-15(9-16(15,18)19)14(21)20-8-12-6-7-13(22-12)10-2-4-11(17)5-3-10/h2-7H,8-9H2,1H3,(H,20,21). The van der Waals surface area contributed by atoms with Gasteiger partial charge in [0.1, 0.15) is 15.9 Å². The molecule has 1 atom stereocenters. The summed E-state index contributed by atoms with van der Waals surface area (Å²) in [5.74, 6) is 1.22. The molecule has 22 heavy (non-hydrogen) atoms. The topological polar surface area (TPSA) is 42.2 Å². The smallest absolute Gasteiger partial charge is 0.229 e. The van der Waals surface area contributed by atoms with Crippen molar-refractivity contribution in [1.29, 1.82) is 0 Å². The van der Waals surface area contributed by atoms with Crippen LogP contribution in [0.5, 0.6) is 0 Å². The third-order valence-corrected chi connectivity index (χ3v) is 5.33. The largest absolute Gasteiger partial charge is 0.459 e. The average molecular weight is 359 g/mol. The van der Waals surface area contributed by atoms with Crippen LogP contribution in [-0.2, 0) is 11.3 Å². The maximum Gasteiger partial charge on any atom is 0.229 e. The van der Waals surface area contributed by atoms with Crippen molar-refractivity contribution in [3.63, 3.8) is 0 Å². The van der Waals surface area contributed by atoms with Gasteiger partial charge in [0.15, 0.2) is 0 Å². The maximum absolute atomic E-state index is 12.1. The Balaban J connectivity index is 1.63. The van der Waals surface area contributed by atoms with E-state index >= 15 is 0 Å². The normalized spacial score (nSPS) is 22.4. The van der Waals surface area contributed by atoms with E-state index in [9.17, 15) is 4.79 Å². The molecule has 3 nitrogen and oxygen atoms in total. The monoisotopic (exact) mass is 357 g/mol. The first-order valence-corrected chi connectivity index (χ1v) is 7.96. The summed E-state index contributed by atoms with van der Waals surface area (Å²) < 4.78 is 4.76. The van der Waals surface area contributed by atoms with Gasteiger partial charge in [0.05, 0.1) is 12.0 Å². The lowest BCUT2D eigenvalue weighted by atomic mass is 10.1.